The highest BCUT2D eigenvalue weighted by Crippen LogP contribution is 2.35. The SMILES string of the molecule is O=[N+]([O-])c1ccc2nc(N3CC4CCC(C3)O4)sc2c1. The van der Waals surface area contributed by atoms with Crippen molar-refractivity contribution in [2.24, 2.45) is 0 Å². The number of nitrogens with zero attached hydrogens (tertiary/aromatic N) is 3. The Morgan fingerprint density at radius 2 is 2.10 bits per heavy atom. The van der Waals surface area contributed by atoms with Crippen LogP contribution >= 0.6 is 11.3 Å². The third-order valence-electron chi connectivity index (χ3n) is 3.89. The molecule has 0 N–H and O–H groups in total. The van der Waals surface area contributed by atoms with Crippen LogP contribution in [0, 0.1) is 10.1 Å². The predicted molar refractivity (Wildman–Crippen MR) is 76.4 cm³/mol. The average Bonchev–Trinajstić information content (AvgIpc) is 3.01. The fourth-order valence-electron chi connectivity index (χ4n) is 2.92. The number of anilines is 1. The second-order valence-electron chi connectivity index (χ2n) is 5.27. The second kappa shape index (κ2) is 4.39. The van der Waals surface area contributed by atoms with Crippen LogP contribution in [0.1, 0.15) is 12.8 Å². The average molecular weight is 291 g/mol. The Balaban J connectivity index is 1.68. The summed E-state index contributed by atoms with van der Waals surface area (Å²) in [5.41, 5.74) is 0.948. The van der Waals surface area contributed by atoms with Crippen LogP contribution in [0.5, 0.6) is 0 Å². The van der Waals surface area contributed by atoms with E-state index >= 15 is 0 Å². The predicted octanol–water partition coefficient (Wildman–Crippen LogP) is 2.57. The van der Waals surface area contributed by atoms with Crippen LogP contribution in [0.4, 0.5) is 10.8 Å². The number of morpholine rings is 1. The van der Waals surface area contributed by atoms with Crippen molar-refractivity contribution >= 4 is 32.4 Å². The van der Waals surface area contributed by atoms with Crippen LogP contribution < -0.4 is 4.90 Å². The molecule has 0 saturated carbocycles. The monoisotopic (exact) mass is 291 g/mol. The first-order valence-electron chi connectivity index (χ1n) is 6.64. The van der Waals surface area contributed by atoms with Crippen LogP contribution in [0.2, 0.25) is 0 Å². The second-order valence-corrected chi connectivity index (χ2v) is 6.28. The molecule has 2 atom stereocenters. The van der Waals surface area contributed by atoms with E-state index in [0.29, 0.717) is 12.2 Å². The van der Waals surface area contributed by atoms with Gasteiger partial charge in [-0.3, -0.25) is 10.1 Å². The van der Waals surface area contributed by atoms with E-state index in [-0.39, 0.29) is 10.6 Å². The number of fused-ring (bicyclic) bond motifs is 3. The highest BCUT2D eigenvalue weighted by Gasteiger charge is 2.34. The van der Waals surface area contributed by atoms with Gasteiger partial charge in [-0.1, -0.05) is 11.3 Å². The number of thiazole rings is 1. The Labute approximate surface area is 119 Å². The maximum Gasteiger partial charge on any atom is 0.270 e. The zero-order valence-electron chi connectivity index (χ0n) is 10.7. The van der Waals surface area contributed by atoms with E-state index in [1.54, 1.807) is 12.1 Å². The van der Waals surface area contributed by atoms with E-state index in [9.17, 15) is 10.1 Å². The van der Waals surface area contributed by atoms with E-state index in [0.717, 1.165) is 41.3 Å². The van der Waals surface area contributed by atoms with Gasteiger partial charge in [-0.25, -0.2) is 4.98 Å². The third-order valence-corrected chi connectivity index (χ3v) is 4.96. The summed E-state index contributed by atoms with van der Waals surface area (Å²) in [5.74, 6) is 0. The molecule has 0 amide bonds. The standard InChI is InChI=1S/C13H13N3O3S/c17-16(18)8-1-4-11-12(5-8)20-13(14-11)15-6-9-2-3-10(7-15)19-9/h1,4-5,9-10H,2-3,6-7H2. The molecular formula is C13H13N3O3S. The number of nitro groups is 1. The van der Waals surface area contributed by atoms with Crippen molar-refractivity contribution in [3.05, 3.63) is 28.3 Å². The molecule has 3 heterocycles. The lowest BCUT2D eigenvalue weighted by Gasteiger charge is -2.31. The van der Waals surface area contributed by atoms with Crippen LogP contribution in [-0.2, 0) is 4.74 Å². The molecule has 2 aliphatic rings. The molecule has 1 aromatic carbocycles. The number of aromatic nitrogens is 1. The molecule has 20 heavy (non-hydrogen) atoms. The van der Waals surface area contributed by atoms with Crippen LogP contribution in [0.3, 0.4) is 0 Å². The molecule has 2 unspecified atom stereocenters. The van der Waals surface area contributed by atoms with Crippen molar-refractivity contribution in [2.45, 2.75) is 25.0 Å². The van der Waals surface area contributed by atoms with Gasteiger partial charge < -0.3 is 9.64 Å². The topological polar surface area (TPSA) is 68.5 Å². The first-order chi connectivity index (χ1) is 9.69. The van der Waals surface area contributed by atoms with Crippen molar-refractivity contribution < 1.29 is 9.66 Å². The van der Waals surface area contributed by atoms with Crippen molar-refractivity contribution in [1.82, 2.24) is 4.98 Å². The van der Waals surface area contributed by atoms with Gasteiger partial charge in [0.15, 0.2) is 5.13 Å². The Hall–Kier alpha value is -1.73. The van der Waals surface area contributed by atoms with Crippen molar-refractivity contribution in [3.8, 4) is 0 Å². The molecule has 6 nitrogen and oxygen atoms in total. The summed E-state index contributed by atoms with van der Waals surface area (Å²) in [6.07, 6.45) is 2.87. The fourth-order valence-corrected chi connectivity index (χ4v) is 3.94. The van der Waals surface area contributed by atoms with E-state index in [1.807, 2.05) is 0 Å². The number of hydrogen-bond acceptors (Lipinski definition) is 6. The third kappa shape index (κ3) is 1.94. The van der Waals surface area contributed by atoms with E-state index in [2.05, 4.69) is 9.88 Å². The molecule has 0 spiro atoms. The smallest absolute Gasteiger partial charge is 0.270 e. The Kier molecular flexibility index (Phi) is 2.64. The molecular weight excluding hydrogens is 278 g/mol. The molecule has 2 saturated heterocycles. The van der Waals surface area contributed by atoms with Crippen molar-refractivity contribution in [3.63, 3.8) is 0 Å². The van der Waals surface area contributed by atoms with Crippen molar-refractivity contribution in [2.75, 3.05) is 18.0 Å². The number of nitro benzene ring substituents is 1. The van der Waals surface area contributed by atoms with E-state index in [4.69, 9.17) is 4.74 Å². The van der Waals surface area contributed by atoms with Crippen LogP contribution in [0.15, 0.2) is 18.2 Å². The summed E-state index contributed by atoms with van der Waals surface area (Å²) in [4.78, 5) is 17.3. The molecule has 0 aliphatic carbocycles. The van der Waals surface area contributed by atoms with Gasteiger partial charge in [-0.15, -0.1) is 0 Å². The lowest BCUT2D eigenvalue weighted by Crippen LogP contribution is -2.42. The number of ether oxygens (including phenoxy) is 1. The minimum absolute atomic E-state index is 0.120. The maximum atomic E-state index is 10.8. The summed E-state index contributed by atoms with van der Waals surface area (Å²) in [6.45, 7) is 1.75. The lowest BCUT2D eigenvalue weighted by atomic mass is 10.2. The minimum Gasteiger partial charge on any atom is -0.371 e. The first kappa shape index (κ1) is 12.0. The number of hydrogen-bond donors (Lipinski definition) is 0. The minimum atomic E-state index is -0.367. The van der Waals surface area contributed by atoms with E-state index < -0.39 is 0 Å². The molecule has 2 fully saturated rings. The zero-order valence-corrected chi connectivity index (χ0v) is 11.5. The number of non-ortho nitro benzene ring substituents is 1. The number of benzene rings is 1. The molecule has 104 valence electrons. The summed E-state index contributed by atoms with van der Waals surface area (Å²) in [7, 11) is 0. The van der Waals surface area contributed by atoms with Crippen LogP contribution in [0.25, 0.3) is 10.2 Å². The summed E-state index contributed by atoms with van der Waals surface area (Å²) >= 11 is 1.52. The van der Waals surface area contributed by atoms with Gasteiger partial charge in [0.05, 0.1) is 27.3 Å². The van der Waals surface area contributed by atoms with Gasteiger partial charge in [0.2, 0.25) is 0 Å². The summed E-state index contributed by atoms with van der Waals surface area (Å²) < 4.78 is 6.69. The largest absolute Gasteiger partial charge is 0.371 e. The first-order valence-corrected chi connectivity index (χ1v) is 7.46. The normalized spacial score (nSPS) is 25.3. The quantitative estimate of drug-likeness (QED) is 0.628. The van der Waals surface area contributed by atoms with Gasteiger partial charge in [0, 0.05) is 25.2 Å². The van der Waals surface area contributed by atoms with Gasteiger partial charge in [0.1, 0.15) is 0 Å². The maximum absolute atomic E-state index is 10.8. The highest BCUT2D eigenvalue weighted by atomic mass is 32.1. The summed E-state index contributed by atoms with van der Waals surface area (Å²) in [5, 5.41) is 11.8. The van der Waals surface area contributed by atoms with E-state index in [1.165, 1.54) is 17.4 Å². The molecule has 2 bridgehead atoms. The van der Waals surface area contributed by atoms with Gasteiger partial charge in [-0.05, 0) is 18.9 Å². The highest BCUT2D eigenvalue weighted by molar-refractivity contribution is 7.22. The Bertz CT molecular complexity index is 675. The molecule has 2 aromatic rings. The Morgan fingerprint density at radius 1 is 1.35 bits per heavy atom. The Morgan fingerprint density at radius 3 is 2.80 bits per heavy atom. The number of rotatable bonds is 2. The van der Waals surface area contributed by atoms with Gasteiger partial charge in [0.25, 0.3) is 5.69 Å². The fraction of sp³-hybridized carbons (Fsp3) is 0.462. The zero-order chi connectivity index (χ0) is 13.7. The summed E-state index contributed by atoms with van der Waals surface area (Å²) in [6, 6.07) is 4.84. The molecule has 7 heteroatoms. The molecule has 2 aliphatic heterocycles. The van der Waals surface area contributed by atoms with Gasteiger partial charge in [-0.2, -0.15) is 0 Å². The lowest BCUT2D eigenvalue weighted by molar-refractivity contribution is -0.384. The molecule has 4 rings (SSSR count). The van der Waals surface area contributed by atoms with Crippen molar-refractivity contribution in [1.29, 1.82) is 0 Å². The molecule has 1 aromatic heterocycles. The molecule has 0 radical (unpaired) electrons. The van der Waals surface area contributed by atoms with Gasteiger partial charge >= 0.3 is 0 Å². The van der Waals surface area contributed by atoms with Crippen LogP contribution in [-0.4, -0.2) is 35.2 Å².